The van der Waals surface area contributed by atoms with E-state index in [9.17, 15) is 27.9 Å². The molecule has 0 bridgehead atoms. The molecule has 5 N–H and O–H groups in total. The van der Waals surface area contributed by atoms with Crippen LogP contribution < -0.4 is 21.1 Å². The summed E-state index contributed by atoms with van der Waals surface area (Å²) < 4.78 is 50.6. The molecule has 1 aliphatic rings. The van der Waals surface area contributed by atoms with Gasteiger partial charge in [-0.3, -0.25) is 10.1 Å². The molecule has 2 heterocycles. The molecule has 1 saturated heterocycles. The number of nitrogens with one attached hydrogen (secondary N) is 2. The number of unbranched alkanes of at least 4 members (excludes halogenated alkanes) is 1. The minimum absolute atomic E-state index is 0.0180. The zero-order chi connectivity index (χ0) is 25.5. The van der Waals surface area contributed by atoms with Crippen molar-refractivity contribution in [2.24, 2.45) is 5.73 Å². The highest BCUT2D eigenvalue weighted by Gasteiger charge is 2.24. The molecule has 1 aromatic carbocycles. The molecule has 1 atom stereocenters. The summed E-state index contributed by atoms with van der Waals surface area (Å²) in [4.78, 5) is 26.3. The van der Waals surface area contributed by atoms with E-state index in [1.807, 2.05) is 0 Å². The summed E-state index contributed by atoms with van der Waals surface area (Å²) in [5, 5.41) is 14.1. The van der Waals surface area contributed by atoms with Crippen molar-refractivity contribution in [2.45, 2.75) is 38.4 Å². The van der Waals surface area contributed by atoms with Gasteiger partial charge in [0.25, 0.3) is 5.91 Å². The SMILES string of the molecule is NC(=O)c1c(OCc2c(F)cc(Cl)c(F)c2F)nsc1NC(=O)NCCCCN1CCCC(O)C1. The number of rotatable bonds is 10. The molecular formula is C21H25ClF3N5O4S. The molecular weight excluding hydrogens is 511 g/mol. The van der Waals surface area contributed by atoms with Crippen LogP contribution in [0.1, 0.15) is 41.6 Å². The highest BCUT2D eigenvalue weighted by Crippen LogP contribution is 2.32. The predicted molar refractivity (Wildman–Crippen MR) is 124 cm³/mol. The third kappa shape index (κ3) is 7.19. The fourth-order valence-electron chi connectivity index (χ4n) is 3.60. The Bertz CT molecular complexity index is 1070. The van der Waals surface area contributed by atoms with Crippen LogP contribution in [0.3, 0.4) is 0 Å². The lowest BCUT2D eigenvalue weighted by Crippen LogP contribution is -2.39. The Hall–Kier alpha value is -2.61. The van der Waals surface area contributed by atoms with Crippen molar-refractivity contribution in [1.82, 2.24) is 14.6 Å². The Morgan fingerprint density at radius 1 is 1.31 bits per heavy atom. The van der Waals surface area contributed by atoms with E-state index in [0.29, 0.717) is 37.1 Å². The van der Waals surface area contributed by atoms with Gasteiger partial charge in [0, 0.05) is 13.1 Å². The second-order valence-electron chi connectivity index (χ2n) is 7.98. The van der Waals surface area contributed by atoms with Crippen molar-refractivity contribution < 1.29 is 32.6 Å². The van der Waals surface area contributed by atoms with E-state index in [-0.39, 0.29) is 22.5 Å². The first kappa shape index (κ1) is 27.0. The van der Waals surface area contributed by atoms with Crippen molar-refractivity contribution in [2.75, 3.05) is 31.5 Å². The van der Waals surface area contributed by atoms with Crippen molar-refractivity contribution in [3.63, 3.8) is 0 Å². The van der Waals surface area contributed by atoms with Gasteiger partial charge in [0.05, 0.1) is 16.7 Å². The number of hydrogen-bond donors (Lipinski definition) is 4. The summed E-state index contributed by atoms with van der Waals surface area (Å²) >= 11 is 6.08. The number of urea groups is 1. The summed E-state index contributed by atoms with van der Waals surface area (Å²) in [5.74, 6) is -5.46. The Balaban J connectivity index is 1.51. The molecule has 0 spiro atoms. The number of ether oxygens (including phenoxy) is 1. The number of amides is 3. The molecule has 14 heteroatoms. The van der Waals surface area contributed by atoms with Gasteiger partial charge in [-0.15, -0.1) is 0 Å². The van der Waals surface area contributed by atoms with Gasteiger partial charge >= 0.3 is 6.03 Å². The number of hydrogen-bond acceptors (Lipinski definition) is 7. The van der Waals surface area contributed by atoms with Crippen molar-refractivity contribution in [3.8, 4) is 5.88 Å². The van der Waals surface area contributed by atoms with Gasteiger partial charge in [-0.2, -0.15) is 4.37 Å². The van der Waals surface area contributed by atoms with E-state index in [1.54, 1.807) is 0 Å². The summed E-state index contributed by atoms with van der Waals surface area (Å²) in [6.07, 6.45) is 3.03. The van der Waals surface area contributed by atoms with Crippen molar-refractivity contribution in [3.05, 3.63) is 39.7 Å². The van der Waals surface area contributed by atoms with Gasteiger partial charge in [-0.1, -0.05) is 11.6 Å². The lowest BCUT2D eigenvalue weighted by Gasteiger charge is -2.29. The molecule has 0 aliphatic carbocycles. The number of β-amino-alcohol motifs (C(OH)–C–C–N with tert-alkyl or cyclic N) is 1. The average molecular weight is 536 g/mol. The maximum atomic E-state index is 14.0. The fourth-order valence-corrected chi connectivity index (χ4v) is 4.51. The topological polar surface area (TPSA) is 130 Å². The smallest absolute Gasteiger partial charge is 0.319 e. The number of aliphatic hydroxyl groups is 1. The molecule has 3 rings (SSSR count). The molecule has 35 heavy (non-hydrogen) atoms. The summed E-state index contributed by atoms with van der Waals surface area (Å²) in [6.45, 7) is 2.00. The van der Waals surface area contributed by atoms with Gasteiger partial charge in [0.15, 0.2) is 11.6 Å². The number of likely N-dealkylation sites (tertiary alicyclic amines) is 1. The van der Waals surface area contributed by atoms with Crippen molar-refractivity contribution >= 4 is 40.1 Å². The van der Waals surface area contributed by atoms with Crippen LogP contribution in [-0.2, 0) is 6.61 Å². The summed E-state index contributed by atoms with van der Waals surface area (Å²) in [6, 6.07) is -0.00462. The highest BCUT2D eigenvalue weighted by atomic mass is 35.5. The molecule has 0 radical (unpaired) electrons. The number of halogens is 4. The molecule has 1 aliphatic heterocycles. The first-order chi connectivity index (χ1) is 16.7. The predicted octanol–water partition coefficient (Wildman–Crippen LogP) is 3.25. The summed E-state index contributed by atoms with van der Waals surface area (Å²) in [7, 11) is 0. The van der Waals surface area contributed by atoms with Gasteiger partial charge in [0.1, 0.15) is 23.0 Å². The number of piperidine rings is 1. The molecule has 192 valence electrons. The van der Waals surface area contributed by atoms with E-state index < -0.39 is 46.6 Å². The molecule has 3 amide bonds. The number of aromatic nitrogens is 1. The Morgan fingerprint density at radius 3 is 2.80 bits per heavy atom. The quantitative estimate of drug-likeness (QED) is 0.210. The highest BCUT2D eigenvalue weighted by molar-refractivity contribution is 7.11. The Morgan fingerprint density at radius 2 is 2.09 bits per heavy atom. The van der Waals surface area contributed by atoms with E-state index >= 15 is 0 Å². The average Bonchev–Trinajstić information content (AvgIpc) is 3.19. The minimum Gasteiger partial charge on any atom is -0.471 e. The number of primary amides is 1. The molecule has 0 saturated carbocycles. The standard InChI is InChI=1S/C21H25ClF3N5O4S/c22-13-8-14(23)12(16(24)17(13)25)10-34-19-15(18(26)32)20(35-29-19)28-21(33)27-5-1-2-6-30-7-3-4-11(31)9-30/h8,11,31H,1-7,9-10H2,(H2,26,32)(H2,27,28,33). The first-order valence-electron chi connectivity index (χ1n) is 10.9. The van der Waals surface area contributed by atoms with Crippen LogP contribution in [-0.4, -0.2) is 58.6 Å². The molecule has 1 aromatic heterocycles. The zero-order valence-corrected chi connectivity index (χ0v) is 20.2. The number of benzene rings is 1. The second-order valence-corrected chi connectivity index (χ2v) is 9.16. The summed E-state index contributed by atoms with van der Waals surface area (Å²) in [5.41, 5.74) is 4.32. The number of carbonyl (C=O) groups excluding carboxylic acids is 2. The zero-order valence-electron chi connectivity index (χ0n) is 18.6. The van der Waals surface area contributed by atoms with Crippen LogP contribution in [0, 0.1) is 17.5 Å². The molecule has 9 nitrogen and oxygen atoms in total. The lowest BCUT2D eigenvalue weighted by molar-refractivity contribution is 0.0699. The monoisotopic (exact) mass is 535 g/mol. The van der Waals surface area contributed by atoms with E-state index in [4.69, 9.17) is 22.1 Å². The molecule has 1 fully saturated rings. The normalized spacial score (nSPS) is 16.2. The maximum Gasteiger partial charge on any atom is 0.319 e. The fraction of sp³-hybridized carbons (Fsp3) is 0.476. The van der Waals surface area contributed by atoms with Gasteiger partial charge in [0.2, 0.25) is 5.88 Å². The Labute approximate surface area is 208 Å². The van der Waals surface area contributed by atoms with Crippen molar-refractivity contribution in [1.29, 1.82) is 0 Å². The van der Waals surface area contributed by atoms with E-state index in [2.05, 4.69) is 19.9 Å². The Kier molecular flexibility index (Phi) is 9.55. The van der Waals surface area contributed by atoms with E-state index in [0.717, 1.165) is 32.4 Å². The third-order valence-corrected chi connectivity index (χ3v) is 6.38. The number of carbonyl (C=O) groups is 2. The maximum absolute atomic E-state index is 14.0. The van der Waals surface area contributed by atoms with Crippen LogP contribution >= 0.6 is 23.1 Å². The van der Waals surface area contributed by atoms with Crippen LogP contribution in [0.4, 0.5) is 23.0 Å². The lowest BCUT2D eigenvalue weighted by atomic mass is 10.1. The van der Waals surface area contributed by atoms with Gasteiger partial charge < -0.3 is 25.8 Å². The minimum atomic E-state index is -1.53. The largest absolute Gasteiger partial charge is 0.471 e. The number of aliphatic hydroxyl groups excluding tert-OH is 1. The number of anilines is 1. The van der Waals surface area contributed by atoms with Crippen LogP contribution in [0.25, 0.3) is 0 Å². The van der Waals surface area contributed by atoms with Crippen LogP contribution in [0.2, 0.25) is 5.02 Å². The van der Waals surface area contributed by atoms with Crippen LogP contribution in [0.5, 0.6) is 5.88 Å². The van der Waals surface area contributed by atoms with Gasteiger partial charge in [-0.05, 0) is 56.4 Å². The molecule has 2 aromatic rings. The van der Waals surface area contributed by atoms with Crippen LogP contribution in [0.15, 0.2) is 6.07 Å². The molecule has 1 unspecified atom stereocenters. The number of nitrogens with two attached hydrogens (primary N) is 1. The van der Waals surface area contributed by atoms with Gasteiger partial charge in [-0.25, -0.2) is 18.0 Å². The second kappa shape index (κ2) is 12.4. The first-order valence-corrected chi connectivity index (χ1v) is 12.0. The number of nitrogens with zero attached hydrogens (tertiary/aromatic N) is 2. The van der Waals surface area contributed by atoms with E-state index in [1.165, 1.54) is 0 Å². The third-order valence-electron chi connectivity index (χ3n) is 5.36.